The average Bonchev–Trinajstić information content (AvgIpc) is 2.49. The van der Waals surface area contributed by atoms with Crippen LogP contribution in [0.1, 0.15) is 10.4 Å². The molecule has 0 aliphatic carbocycles. The summed E-state index contributed by atoms with van der Waals surface area (Å²) in [5, 5.41) is 11.0. The Balaban J connectivity index is 0.000000141. The number of aromatic carboxylic acids is 1. The van der Waals surface area contributed by atoms with E-state index < -0.39 is 5.97 Å². The van der Waals surface area contributed by atoms with Gasteiger partial charge in [0.25, 0.3) is 0 Å². The number of hydrogen-bond donors (Lipinski definition) is 1. The standard InChI is InChI=1S/C10H8.C7H6O2/c1-2-6-10-8-4-3-7-9(10)5-1;8-7(9)6-4-2-1-3-5-6/h1-8H;1-5H,(H,8,9). The zero-order valence-corrected chi connectivity index (χ0v) is 10.4. The predicted octanol–water partition coefficient (Wildman–Crippen LogP) is 4.22. The summed E-state index contributed by atoms with van der Waals surface area (Å²) in [5.41, 5.74) is 0.331. The summed E-state index contributed by atoms with van der Waals surface area (Å²) in [5.74, 6) is -0.879. The van der Waals surface area contributed by atoms with E-state index in [1.165, 1.54) is 10.8 Å². The topological polar surface area (TPSA) is 37.3 Å². The molecule has 0 unspecified atom stereocenters. The van der Waals surface area contributed by atoms with Gasteiger partial charge in [-0.3, -0.25) is 0 Å². The van der Waals surface area contributed by atoms with Crippen LogP contribution in [0.4, 0.5) is 0 Å². The Bertz CT molecular complexity index is 595. The molecule has 0 bridgehead atoms. The lowest BCUT2D eigenvalue weighted by atomic mass is 10.1. The molecule has 3 aromatic carbocycles. The predicted molar refractivity (Wildman–Crippen MR) is 77.3 cm³/mol. The van der Waals surface area contributed by atoms with E-state index >= 15 is 0 Å². The van der Waals surface area contributed by atoms with Gasteiger partial charge in [0, 0.05) is 0 Å². The smallest absolute Gasteiger partial charge is 0.335 e. The summed E-state index contributed by atoms with van der Waals surface area (Å²) in [6.45, 7) is 0. The lowest BCUT2D eigenvalue weighted by Gasteiger charge is -1.92. The van der Waals surface area contributed by atoms with E-state index in [0.717, 1.165) is 0 Å². The Hall–Kier alpha value is -2.61. The molecule has 0 heterocycles. The number of rotatable bonds is 1. The van der Waals surface area contributed by atoms with Gasteiger partial charge in [0.2, 0.25) is 0 Å². The van der Waals surface area contributed by atoms with Gasteiger partial charge < -0.3 is 5.11 Å². The highest BCUT2D eigenvalue weighted by molar-refractivity contribution is 5.87. The van der Waals surface area contributed by atoms with Gasteiger partial charge >= 0.3 is 5.97 Å². The molecule has 1 N–H and O–H groups in total. The molecule has 0 amide bonds. The number of fused-ring (bicyclic) bond motifs is 1. The normalized spacial score (nSPS) is 9.47. The SMILES string of the molecule is O=C(O)c1ccccc1.c1ccc2ccccc2c1. The second-order valence-electron chi connectivity index (χ2n) is 4.02. The Morgan fingerprint density at radius 3 is 1.32 bits per heavy atom. The number of benzene rings is 3. The van der Waals surface area contributed by atoms with E-state index in [0.29, 0.717) is 5.56 Å². The molecule has 0 fully saturated rings. The van der Waals surface area contributed by atoms with Crippen molar-refractivity contribution in [3.63, 3.8) is 0 Å². The van der Waals surface area contributed by atoms with Crippen molar-refractivity contribution in [3.05, 3.63) is 84.4 Å². The maximum atomic E-state index is 10.2. The van der Waals surface area contributed by atoms with Crippen molar-refractivity contribution in [2.75, 3.05) is 0 Å². The van der Waals surface area contributed by atoms with Crippen LogP contribution < -0.4 is 0 Å². The van der Waals surface area contributed by atoms with E-state index in [4.69, 9.17) is 5.11 Å². The Labute approximate surface area is 111 Å². The minimum atomic E-state index is -0.879. The van der Waals surface area contributed by atoms with Crippen LogP contribution in [0.15, 0.2) is 78.9 Å². The van der Waals surface area contributed by atoms with Gasteiger partial charge in [0.15, 0.2) is 0 Å². The van der Waals surface area contributed by atoms with Crippen molar-refractivity contribution in [3.8, 4) is 0 Å². The fourth-order valence-corrected chi connectivity index (χ4v) is 1.71. The molecule has 3 rings (SSSR count). The van der Waals surface area contributed by atoms with Gasteiger partial charge in [0.1, 0.15) is 0 Å². The van der Waals surface area contributed by atoms with Crippen LogP contribution in [0.3, 0.4) is 0 Å². The number of hydrogen-bond acceptors (Lipinski definition) is 1. The first-order valence-electron chi connectivity index (χ1n) is 5.99. The van der Waals surface area contributed by atoms with Crippen LogP contribution >= 0.6 is 0 Å². The van der Waals surface area contributed by atoms with Gasteiger partial charge in [-0.25, -0.2) is 4.79 Å². The molecule has 2 heteroatoms. The van der Waals surface area contributed by atoms with Gasteiger partial charge in [-0.05, 0) is 22.9 Å². The lowest BCUT2D eigenvalue weighted by molar-refractivity contribution is 0.0697. The summed E-state index contributed by atoms with van der Waals surface area (Å²) < 4.78 is 0. The van der Waals surface area contributed by atoms with E-state index in [1.807, 2.05) is 0 Å². The zero-order valence-electron chi connectivity index (χ0n) is 10.4. The molecule has 19 heavy (non-hydrogen) atoms. The van der Waals surface area contributed by atoms with E-state index in [1.54, 1.807) is 30.3 Å². The second kappa shape index (κ2) is 6.36. The van der Waals surface area contributed by atoms with Crippen molar-refractivity contribution in [1.82, 2.24) is 0 Å². The van der Waals surface area contributed by atoms with Crippen molar-refractivity contribution < 1.29 is 9.90 Å². The van der Waals surface area contributed by atoms with E-state index in [9.17, 15) is 4.79 Å². The van der Waals surface area contributed by atoms with Crippen LogP contribution in [-0.4, -0.2) is 11.1 Å². The molecule has 3 aromatic rings. The highest BCUT2D eigenvalue weighted by Crippen LogP contribution is 2.11. The first-order chi connectivity index (χ1) is 9.27. The second-order valence-corrected chi connectivity index (χ2v) is 4.02. The molecule has 2 nitrogen and oxygen atoms in total. The maximum absolute atomic E-state index is 10.2. The quantitative estimate of drug-likeness (QED) is 0.702. The summed E-state index contributed by atoms with van der Waals surface area (Å²) in [4.78, 5) is 10.2. The van der Waals surface area contributed by atoms with Crippen molar-refractivity contribution in [1.29, 1.82) is 0 Å². The molecule has 0 saturated carbocycles. The fraction of sp³-hybridized carbons (Fsp3) is 0. The molecule has 0 aromatic heterocycles. The minimum absolute atomic E-state index is 0.331. The van der Waals surface area contributed by atoms with Gasteiger partial charge in [0.05, 0.1) is 5.56 Å². The van der Waals surface area contributed by atoms with Gasteiger partial charge in [-0.1, -0.05) is 66.7 Å². The van der Waals surface area contributed by atoms with Gasteiger partial charge in [-0.15, -0.1) is 0 Å². The highest BCUT2D eigenvalue weighted by Gasteiger charge is 1.96. The molecule has 0 radical (unpaired) electrons. The molecular weight excluding hydrogens is 236 g/mol. The van der Waals surface area contributed by atoms with Crippen molar-refractivity contribution in [2.24, 2.45) is 0 Å². The molecule has 0 spiro atoms. The first kappa shape index (κ1) is 12.8. The maximum Gasteiger partial charge on any atom is 0.335 e. The molecule has 0 aliphatic rings. The monoisotopic (exact) mass is 250 g/mol. The Morgan fingerprint density at radius 1 is 0.632 bits per heavy atom. The summed E-state index contributed by atoms with van der Waals surface area (Å²) in [6.07, 6.45) is 0. The van der Waals surface area contributed by atoms with Crippen LogP contribution in [0.2, 0.25) is 0 Å². The summed E-state index contributed by atoms with van der Waals surface area (Å²) in [6, 6.07) is 25.0. The zero-order chi connectivity index (χ0) is 13.5. The van der Waals surface area contributed by atoms with Crippen LogP contribution in [0, 0.1) is 0 Å². The van der Waals surface area contributed by atoms with Crippen molar-refractivity contribution in [2.45, 2.75) is 0 Å². The molecule has 0 atom stereocenters. The molecular formula is C17H14O2. The van der Waals surface area contributed by atoms with Gasteiger partial charge in [-0.2, -0.15) is 0 Å². The fourth-order valence-electron chi connectivity index (χ4n) is 1.71. The Kier molecular flexibility index (Phi) is 4.29. The Morgan fingerprint density at radius 2 is 1.00 bits per heavy atom. The number of carboxylic acid groups (broad SMARTS) is 1. The highest BCUT2D eigenvalue weighted by atomic mass is 16.4. The third kappa shape index (κ3) is 3.68. The van der Waals surface area contributed by atoms with Crippen LogP contribution in [0.5, 0.6) is 0 Å². The molecule has 0 saturated heterocycles. The third-order valence-corrected chi connectivity index (χ3v) is 2.68. The molecule has 94 valence electrons. The summed E-state index contributed by atoms with van der Waals surface area (Å²) >= 11 is 0. The third-order valence-electron chi connectivity index (χ3n) is 2.68. The summed E-state index contributed by atoms with van der Waals surface area (Å²) in [7, 11) is 0. The van der Waals surface area contributed by atoms with Crippen LogP contribution in [-0.2, 0) is 0 Å². The van der Waals surface area contributed by atoms with Crippen molar-refractivity contribution >= 4 is 16.7 Å². The molecule has 0 aliphatic heterocycles. The number of carbonyl (C=O) groups is 1. The van der Waals surface area contributed by atoms with E-state index in [2.05, 4.69) is 48.5 Å². The van der Waals surface area contributed by atoms with E-state index in [-0.39, 0.29) is 0 Å². The average molecular weight is 250 g/mol. The lowest BCUT2D eigenvalue weighted by Crippen LogP contribution is -1.93. The largest absolute Gasteiger partial charge is 0.478 e. The van der Waals surface area contributed by atoms with Crippen LogP contribution in [0.25, 0.3) is 10.8 Å². The minimum Gasteiger partial charge on any atom is -0.478 e. The first-order valence-corrected chi connectivity index (χ1v) is 5.99. The number of carboxylic acids is 1.